The fourth-order valence-corrected chi connectivity index (χ4v) is 3.15. The van der Waals surface area contributed by atoms with Crippen molar-refractivity contribution in [3.8, 4) is 17.2 Å². The Morgan fingerprint density at radius 1 is 1.00 bits per heavy atom. The minimum Gasteiger partial charge on any atom is -0.457 e. The average Bonchev–Trinajstić information content (AvgIpc) is 2.97. The van der Waals surface area contributed by atoms with Gasteiger partial charge in [-0.3, -0.25) is 34.4 Å². The predicted molar refractivity (Wildman–Crippen MR) is 106 cm³/mol. The molecule has 0 radical (unpaired) electrons. The number of imide groups is 1. The van der Waals surface area contributed by atoms with E-state index in [1.54, 1.807) is 12.1 Å². The van der Waals surface area contributed by atoms with Crippen LogP contribution in [0.25, 0.3) is 5.69 Å². The third-order valence-corrected chi connectivity index (χ3v) is 4.56. The summed E-state index contributed by atoms with van der Waals surface area (Å²) < 4.78 is 6.63. The van der Waals surface area contributed by atoms with Gasteiger partial charge >= 0.3 is 0 Å². The van der Waals surface area contributed by atoms with E-state index in [1.807, 2.05) is 19.1 Å². The Balaban J connectivity index is 1.88. The highest BCUT2D eigenvalue weighted by atomic mass is 16.6. The molecule has 2 aromatic carbocycles. The van der Waals surface area contributed by atoms with Crippen molar-refractivity contribution in [3.63, 3.8) is 0 Å². The molecule has 4 rings (SSSR count). The third kappa shape index (κ3) is 3.15. The number of fused-ring (bicyclic) bond motifs is 1. The van der Waals surface area contributed by atoms with E-state index in [2.05, 4.69) is 5.32 Å². The lowest BCUT2D eigenvalue weighted by Crippen LogP contribution is -2.24. The number of non-ortho nitro benzene ring substituents is 1. The van der Waals surface area contributed by atoms with Crippen molar-refractivity contribution in [1.82, 2.24) is 9.88 Å². The van der Waals surface area contributed by atoms with Gasteiger partial charge in [0.25, 0.3) is 23.1 Å². The van der Waals surface area contributed by atoms with Gasteiger partial charge in [0.15, 0.2) is 0 Å². The van der Waals surface area contributed by atoms with Crippen molar-refractivity contribution in [3.05, 3.63) is 85.7 Å². The van der Waals surface area contributed by atoms with Gasteiger partial charge in [-0.2, -0.15) is 0 Å². The number of hydrogen-bond donors (Lipinski definition) is 2. The largest absolute Gasteiger partial charge is 0.457 e. The molecule has 3 aromatic rings. The molecule has 0 aliphatic carbocycles. The van der Waals surface area contributed by atoms with E-state index < -0.39 is 22.3 Å². The molecular weight excluding hydrogens is 392 g/mol. The first kappa shape index (κ1) is 18.9. The van der Waals surface area contributed by atoms with Crippen molar-refractivity contribution in [2.45, 2.75) is 6.92 Å². The highest BCUT2D eigenvalue weighted by molar-refractivity contribution is 6.23. The number of ether oxygens (including phenoxy) is 1. The van der Waals surface area contributed by atoms with Crippen LogP contribution in [-0.4, -0.2) is 21.3 Å². The molecule has 0 fully saturated rings. The van der Waals surface area contributed by atoms with Gasteiger partial charge in [0.2, 0.25) is 0 Å². The molecule has 30 heavy (non-hydrogen) atoms. The van der Waals surface area contributed by atoms with E-state index in [9.17, 15) is 24.5 Å². The van der Waals surface area contributed by atoms with Crippen LogP contribution in [0.15, 0.2) is 53.3 Å². The minimum absolute atomic E-state index is 0.0174. The van der Waals surface area contributed by atoms with E-state index in [0.717, 1.165) is 22.3 Å². The molecule has 3 N–H and O–H groups in total. The second-order valence-corrected chi connectivity index (χ2v) is 6.63. The summed E-state index contributed by atoms with van der Waals surface area (Å²) in [4.78, 5) is 47.2. The molecule has 1 aliphatic heterocycles. The third-order valence-electron chi connectivity index (χ3n) is 4.56. The highest BCUT2D eigenvalue weighted by Crippen LogP contribution is 2.31. The Kier molecular flexibility index (Phi) is 4.31. The zero-order chi connectivity index (χ0) is 21.6. The fraction of sp³-hybridized carbons (Fsp3) is 0.0500. The maximum Gasteiger partial charge on any atom is 0.275 e. The number of nitro groups is 1. The normalized spacial score (nSPS) is 12.4. The van der Waals surface area contributed by atoms with Crippen LogP contribution in [0.5, 0.6) is 11.5 Å². The maximum absolute atomic E-state index is 12.6. The summed E-state index contributed by atoms with van der Waals surface area (Å²) >= 11 is 0. The minimum atomic E-state index is -0.747. The molecule has 1 aromatic heterocycles. The van der Waals surface area contributed by atoms with Crippen molar-refractivity contribution < 1.29 is 19.2 Å². The van der Waals surface area contributed by atoms with E-state index >= 15 is 0 Å². The molecule has 2 heterocycles. The molecule has 0 saturated heterocycles. The van der Waals surface area contributed by atoms with Crippen LogP contribution in [0.1, 0.15) is 26.3 Å². The lowest BCUT2D eigenvalue weighted by molar-refractivity contribution is -0.384. The number of aromatic nitrogens is 1. The summed E-state index contributed by atoms with van der Waals surface area (Å²) in [5.41, 5.74) is 5.66. The van der Waals surface area contributed by atoms with Gasteiger partial charge in [0.05, 0.1) is 27.8 Å². The quantitative estimate of drug-likeness (QED) is 0.384. The molecule has 1 aliphatic rings. The lowest BCUT2D eigenvalue weighted by Gasteiger charge is -2.13. The molecule has 0 atom stereocenters. The van der Waals surface area contributed by atoms with E-state index in [0.29, 0.717) is 5.75 Å². The molecule has 10 nitrogen and oxygen atoms in total. The molecule has 0 unspecified atom stereocenters. The van der Waals surface area contributed by atoms with Gasteiger partial charge < -0.3 is 10.5 Å². The molecule has 0 spiro atoms. The number of pyridine rings is 1. The number of benzene rings is 2. The molecule has 150 valence electrons. The number of nitrogen functional groups attached to an aromatic ring is 1. The number of anilines is 1. The van der Waals surface area contributed by atoms with E-state index in [4.69, 9.17) is 10.5 Å². The second kappa shape index (κ2) is 6.85. The van der Waals surface area contributed by atoms with Crippen LogP contribution in [0.2, 0.25) is 0 Å². The zero-order valence-corrected chi connectivity index (χ0v) is 15.5. The Hall–Kier alpha value is -4.47. The monoisotopic (exact) mass is 406 g/mol. The number of hydrogen-bond acceptors (Lipinski definition) is 7. The Bertz CT molecular complexity index is 1290. The number of carbonyl (C=O) groups is 2. The SMILES string of the molecule is Cc1ccc(Oc2cc(-n3c(N)c4c(cc3=O)C(=O)NC4=O)cc([N+](=O)[O-])c2)cc1. The summed E-state index contributed by atoms with van der Waals surface area (Å²) in [5.74, 6) is -1.25. The van der Waals surface area contributed by atoms with Crippen LogP contribution in [0.3, 0.4) is 0 Å². The van der Waals surface area contributed by atoms with Crippen molar-refractivity contribution in [2.24, 2.45) is 0 Å². The van der Waals surface area contributed by atoms with Gasteiger partial charge in [0, 0.05) is 18.2 Å². The van der Waals surface area contributed by atoms with Gasteiger partial charge in [0.1, 0.15) is 17.3 Å². The van der Waals surface area contributed by atoms with Crippen LogP contribution in [0, 0.1) is 17.0 Å². The molecular formula is C20H14N4O6. The number of carbonyl (C=O) groups excluding carboxylic acids is 2. The number of nitrogens with one attached hydrogen (secondary N) is 1. The fourth-order valence-electron chi connectivity index (χ4n) is 3.15. The number of aryl methyl sites for hydroxylation is 1. The number of amides is 2. The van der Waals surface area contributed by atoms with Crippen molar-refractivity contribution in [2.75, 3.05) is 5.73 Å². The number of nitrogens with zero attached hydrogens (tertiary/aromatic N) is 2. The average molecular weight is 406 g/mol. The molecule has 0 bridgehead atoms. The summed E-state index contributed by atoms with van der Waals surface area (Å²) in [5, 5.41) is 13.5. The highest BCUT2D eigenvalue weighted by Gasteiger charge is 2.32. The van der Waals surface area contributed by atoms with Gasteiger partial charge in [-0.15, -0.1) is 0 Å². The predicted octanol–water partition coefficient (Wildman–Crippen LogP) is 2.31. The summed E-state index contributed by atoms with van der Waals surface area (Å²) in [6, 6.07) is 11.7. The van der Waals surface area contributed by atoms with Crippen LogP contribution < -0.4 is 21.3 Å². The van der Waals surface area contributed by atoms with Crippen molar-refractivity contribution >= 4 is 23.3 Å². The maximum atomic E-state index is 12.6. The zero-order valence-electron chi connectivity index (χ0n) is 15.5. The first-order chi connectivity index (χ1) is 14.2. The number of rotatable bonds is 4. The molecule has 0 saturated carbocycles. The van der Waals surface area contributed by atoms with E-state index in [-0.39, 0.29) is 34.1 Å². The number of nitrogens with two attached hydrogens (primary N) is 1. The Morgan fingerprint density at radius 3 is 2.37 bits per heavy atom. The van der Waals surface area contributed by atoms with Crippen LogP contribution >= 0.6 is 0 Å². The Morgan fingerprint density at radius 2 is 1.70 bits per heavy atom. The summed E-state index contributed by atoms with van der Waals surface area (Å²) in [7, 11) is 0. The topological polar surface area (TPSA) is 147 Å². The molecule has 10 heteroatoms. The first-order valence-corrected chi connectivity index (χ1v) is 8.70. The van der Waals surface area contributed by atoms with Gasteiger partial charge in [-0.1, -0.05) is 17.7 Å². The first-order valence-electron chi connectivity index (χ1n) is 8.70. The second-order valence-electron chi connectivity index (χ2n) is 6.63. The standard InChI is InChI=1S/C20H14N4O6/c1-10-2-4-13(5-3-10)30-14-7-11(6-12(8-14)24(28)29)23-16(25)9-15-17(18(23)21)20(27)22-19(15)26/h2-9H,21H2,1H3,(H,22,26,27). The van der Waals surface area contributed by atoms with Crippen LogP contribution in [0.4, 0.5) is 11.5 Å². The van der Waals surface area contributed by atoms with E-state index in [1.165, 1.54) is 12.1 Å². The van der Waals surface area contributed by atoms with Crippen molar-refractivity contribution in [1.29, 1.82) is 0 Å². The summed E-state index contributed by atoms with van der Waals surface area (Å²) in [6.07, 6.45) is 0. The Labute approximate surface area is 168 Å². The summed E-state index contributed by atoms with van der Waals surface area (Å²) in [6.45, 7) is 1.90. The van der Waals surface area contributed by atoms with Crippen LogP contribution in [-0.2, 0) is 0 Å². The number of nitro benzene ring substituents is 1. The van der Waals surface area contributed by atoms with Gasteiger partial charge in [-0.05, 0) is 19.1 Å². The van der Waals surface area contributed by atoms with Gasteiger partial charge in [-0.25, -0.2) is 0 Å². The lowest BCUT2D eigenvalue weighted by atomic mass is 10.1. The smallest absolute Gasteiger partial charge is 0.275 e. The molecule has 2 amide bonds.